The summed E-state index contributed by atoms with van der Waals surface area (Å²) in [6, 6.07) is 12.1. The molecule has 29 heavy (non-hydrogen) atoms. The van der Waals surface area contributed by atoms with Gasteiger partial charge in [-0.1, -0.05) is 95.7 Å². The largest absolute Gasteiger partial charge is 0.0804 e. The van der Waals surface area contributed by atoms with E-state index in [1.54, 1.807) is 22.3 Å². The zero-order valence-corrected chi connectivity index (χ0v) is 18.9. The maximum atomic E-state index is 2.48. The fourth-order valence-electron chi connectivity index (χ4n) is 5.57. The summed E-state index contributed by atoms with van der Waals surface area (Å²) in [6.07, 6.45) is 11.8. The summed E-state index contributed by atoms with van der Waals surface area (Å²) in [5.41, 5.74) is 13.1. The van der Waals surface area contributed by atoms with Gasteiger partial charge in [0.05, 0.1) is 0 Å². The molecular weight excluding hydrogens is 348 g/mol. The van der Waals surface area contributed by atoms with Gasteiger partial charge in [0.2, 0.25) is 0 Å². The Morgan fingerprint density at radius 3 is 2.14 bits per heavy atom. The van der Waals surface area contributed by atoms with Crippen LogP contribution in [0.5, 0.6) is 0 Å². The van der Waals surface area contributed by atoms with Gasteiger partial charge >= 0.3 is 0 Å². The number of hydrogen-bond donors (Lipinski definition) is 0. The Morgan fingerprint density at radius 1 is 0.828 bits per heavy atom. The highest BCUT2D eigenvalue weighted by atomic mass is 14.5. The Balaban J connectivity index is 1.71. The molecule has 0 spiro atoms. The van der Waals surface area contributed by atoms with Gasteiger partial charge in [0, 0.05) is 5.41 Å². The average molecular weight is 383 g/mol. The number of benzene rings is 2. The summed E-state index contributed by atoms with van der Waals surface area (Å²) in [7, 11) is 0. The SMILES string of the molecule is CC(C)(C)c1ccc2c(c1)Cc1c-2ccc(C(C)(C)C)c1C1(C2=CC=CC2)CC1. The summed E-state index contributed by atoms with van der Waals surface area (Å²) in [4.78, 5) is 0. The second-order valence-electron chi connectivity index (χ2n) is 11.5. The van der Waals surface area contributed by atoms with Crippen LogP contribution in [0.4, 0.5) is 0 Å². The van der Waals surface area contributed by atoms with Crippen molar-refractivity contribution in [3.8, 4) is 11.1 Å². The molecule has 0 bridgehead atoms. The van der Waals surface area contributed by atoms with Crippen LogP contribution in [-0.4, -0.2) is 0 Å². The van der Waals surface area contributed by atoms with E-state index in [0.717, 1.165) is 12.8 Å². The van der Waals surface area contributed by atoms with Crippen molar-refractivity contribution in [2.45, 2.75) is 83.5 Å². The lowest BCUT2D eigenvalue weighted by molar-refractivity contribution is 0.572. The molecule has 0 saturated heterocycles. The standard InChI is InChI=1S/C29H34/c1-27(2,3)21-11-12-22-19(17-21)18-24-23(22)13-14-25(28(4,5)6)26(24)29(15-16-29)20-9-7-8-10-20/h7-9,11-14,17H,10,15-16,18H2,1-6H3. The molecule has 2 aromatic carbocycles. The van der Waals surface area contributed by atoms with Crippen molar-refractivity contribution < 1.29 is 0 Å². The molecular formula is C29H34. The Labute approximate surface area is 176 Å². The minimum atomic E-state index is 0.165. The van der Waals surface area contributed by atoms with Crippen LogP contribution in [-0.2, 0) is 22.7 Å². The summed E-state index contributed by atoms with van der Waals surface area (Å²) in [6.45, 7) is 14.1. The van der Waals surface area contributed by atoms with Crippen molar-refractivity contribution in [1.29, 1.82) is 0 Å². The molecule has 0 heteroatoms. The summed E-state index contributed by atoms with van der Waals surface area (Å²) < 4.78 is 0. The van der Waals surface area contributed by atoms with E-state index in [0.29, 0.717) is 0 Å². The smallest absolute Gasteiger partial charge is 0.0175 e. The van der Waals surface area contributed by atoms with Crippen LogP contribution in [0, 0.1) is 0 Å². The van der Waals surface area contributed by atoms with Gasteiger partial charge in [0.15, 0.2) is 0 Å². The van der Waals surface area contributed by atoms with Crippen LogP contribution in [0.15, 0.2) is 54.1 Å². The van der Waals surface area contributed by atoms with E-state index in [1.165, 1.54) is 35.1 Å². The quantitative estimate of drug-likeness (QED) is 0.424. The molecule has 3 aliphatic carbocycles. The van der Waals surface area contributed by atoms with Crippen molar-refractivity contribution >= 4 is 0 Å². The molecule has 2 aromatic rings. The van der Waals surface area contributed by atoms with Crippen molar-refractivity contribution in [1.82, 2.24) is 0 Å². The van der Waals surface area contributed by atoms with Gasteiger partial charge in [-0.25, -0.2) is 0 Å². The van der Waals surface area contributed by atoms with Gasteiger partial charge in [0.1, 0.15) is 0 Å². The lowest BCUT2D eigenvalue weighted by Crippen LogP contribution is -2.22. The first kappa shape index (κ1) is 18.9. The molecule has 0 aromatic heterocycles. The average Bonchev–Trinajstić information content (AvgIpc) is 3.10. The van der Waals surface area contributed by atoms with Crippen molar-refractivity contribution in [2.24, 2.45) is 0 Å². The predicted octanol–water partition coefficient (Wildman–Crippen LogP) is 7.77. The van der Waals surface area contributed by atoms with E-state index in [-0.39, 0.29) is 16.2 Å². The van der Waals surface area contributed by atoms with Gasteiger partial charge in [-0.05, 0) is 75.5 Å². The lowest BCUT2D eigenvalue weighted by atomic mass is 9.73. The van der Waals surface area contributed by atoms with E-state index < -0.39 is 0 Å². The number of allylic oxidation sites excluding steroid dienone is 4. The number of fused-ring (bicyclic) bond motifs is 3. The Kier molecular flexibility index (Phi) is 3.90. The maximum absolute atomic E-state index is 2.48. The molecule has 3 aliphatic rings. The number of hydrogen-bond acceptors (Lipinski definition) is 0. The van der Waals surface area contributed by atoms with Crippen LogP contribution >= 0.6 is 0 Å². The highest BCUT2D eigenvalue weighted by Crippen LogP contribution is 2.60. The van der Waals surface area contributed by atoms with E-state index >= 15 is 0 Å². The van der Waals surface area contributed by atoms with Crippen LogP contribution in [0.2, 0.25) is 0 Å². The topological polar surface area (TPSA) is 0 Å². The van der Waals surface area contributed by atoms with E-state index in [2.05, 4.69) is 90.1 Å². The second-order valence-corrected chi connectivity index (χ2v) is 11.5. The molecule has 0 nitrogen and oxygen atoms in total. The summed E-state index contributed by atoms with van der Waals surface area (Å²) in [5.74, 6) is 0. The molecule has 0 heterocycles. The molecule has 150 valence electrons. The minimum Gasteiger partial charge on any atom is -0.0804 e. The van der Waals surface area contributed by atoms with Gasteiger partial charge in [-0.3, -0.25) is 0 Å². The van der Waals surface area contributed by atoms with Crippen molar-refractivity contribution in [3.05, 3.63) is 82.0 Å². The third kappa shape index (κ3) is 2.87. The first-order valence-electron chi connectivity index (χ1n) is 11.3. The van der Waals surface area contributed by atoms with Gasteiger partial charge in [0.25, 0.3) is 0 Å². The van der Waals surface area contributed by atoms with Gasteiger partial charge in [-0.15, -0.1) is 0 Å². The van der Waals surface area contributed by atoms with E-state index in [9.17, 15) is 0 Å². The molecule has 1 saturated carbocycles. The Hall–Kier alpha value is -2.08. The zero-order valence-electron chi connectivity index (χ0n) is 18.9. The van der Waals surface area contributed by atoms with Crippen molar-refractivity contribution in [2.75, 3.05) is 0 Å². The molecule has 0 radical (unpaired) electrons. The van der Waals surface area contributed by atoms with Crippen LogP contribution in [0.25, 0.3) is 11.1 Å². The third-order valence-corrected chi connectivity index (χ3v) is 7.36. The van der Waals surface area contributed by atoms with E-state index in [1.807, 2.05) is 0 Å². The molecule has 0 aliphatic heterocycles. The van der Waals surface area contributed by atoms with E-state index in [4.69, 9.17) is 0 Å². The first-order valence-corrected chi connectivity index (χ1v) is 11.3. The Bertz CT molecular complexity index is 1060. The normalized spacial score (nSPS) is 19.2. The first-order chi connectivity index (χ1) is 13.6. The monoisotopic (exact) mass is 382 g/mol. The molecule has 0 atom stereocenters. The second kappa shape index (κ2) is 5.97. The number of rotatable bonds is 2. The highest BCUT2D eigenvalue weighted by molar-refractivity contribution is 5.80. The molecule has 1 fully saturated rings. The fraction of sp³-hybridized carbons (Fsp3) is 0.448. The Morgan fingerprint density at radius 2 is 1.55 bits per heavy atom. The molecule has 0 N–H and O–H groups in total. The van der Waals surface area contributed by atoms with Crippen LogP contribution < -0.4 is 0 Å². The molecule has 5 rings (SSSR count). The highest BCUT2D eigenvalue weighted by Gasteiger charge is 2.51. The van der Waals surface area contributed by atoms with Crippen LogP contribution in [0.1, 0.15) is 88.6 Å². The molecule has 0 unspecified atom stereocenters. The predicted molar refractivity (Wildman–Crippen MR) is 125 cm³/mol. The third-order valence-electron chi connectivity index (χ3n) is 7.36. The maximum Gasteiger partial charge on any atom is 0.0175 e. The van der Waals surface area contributed by atoms with Crippen LogP contribution in [0.3, 0.4) is 0 Å². The fourth-order valence-corrected chi connectivity index (χ4v) is 5.57. The van der Waals surface area contributed by atoms with Crippen molar-refractivity contribution in [3.63, 3.8) is 0 Å². The van der Waals surface area contributed by atoms with Gasteiger partial charge < -0.3 is 0 Å². The minimum absolute atomic E-state index is 0.165. The molecule has 0 amide bonds. The van der Waals surface area contributed by atoms with Gasteiger partial charge in [-0.2, -0.15) is 0 Å². The summed E-state index contributed by atoms with van der Waals surface area (Å²) in [5, 5.41) is 0. The lowest BCUT2D eigenvalue weighted by Gasteiger charge is -2.31. The summed E-state index contributed by atoms with van der Waals surface area (Å²) >= 11 is 0. The zero-order chi connectivity index (χ0) is 20.6.